The number of carbonyl (C=O) groups excluding carboxylic acids is 1. The van der Waals surface area contributed by atoms with Gasteiger partial charge in [0.15, 0.2) is 0 Å². The van der Waals surface area contributed by atoms with Gasteiger partial charge in [-0.15, -0.1) is 0 Å². The maximum absolute atomic E-state index is 13.1. The maximum Gasteiger partial charge on any atom is 0.418 e. The molecule has 0 bridgehead atoms. The predicted octanol–water partition coefficient (Wildman–Crippen LogP) is 3.88. The average molecular weight is 430 g/mol. The first-order valence-corrected chi connectivity index (χ1v) is 10.3. The monoisotopic (exact) mass is 430 g/mol. The molecule has 1 N–H and O–H groups in total. The van der Waals surface area contributed by atoms with Crippen molar-refractivity contribution in [1.82, 2.24) is 4.31 Å². The second-order valence-electron chi connectivity index (χ2n) is 6.69. The van der Waals surface area contributed by atoms with Crippen LogP contribution in [-0.4, -0.2) is 31.7 Å². The van der Waals surface area contributed by atoms with E-state index in [1.165, 1.54) is 12.1 Å². The molecule has 1 amide bonds. The minimum atomic E-state index is -4.63. The van der Waals surface area contributed by atoms with Crippen LogP contribution in [0.5, 0.6) is 0 Å². The van der Waals surface area contributed by atoms with Crippen LogP contribution in [0.2, 0.25) is 0 Å². The van der Waals surface area contributed by atoms with Crippen LogP contribution >= 0.6 is 0 Å². The van der Waals surface area contributed by atoms with Crippen LogP contribution in [0.3, 0.4) is 0 Å². The lowest BCUT2D eigenvalue weighted by Gasteiger charge is -2.31. The zero-order chi connectivity index (χ0) is 21.2. The number of benzene rings is 2. The van der Waals surface area contributed by atoms with Gasteiger partial charge in [0.25, 0.3) is 0 Å². The number of anilines is 1. The van der Waals surface area contributed by atoms with Crippen LogP contribution in [0.1, 0.15) is 18.4 Å². The highest BCUT2D eigenvalue weighted by Crippen LogP contribution is 2.35. The summed E-state index contributed by atoms with van der Waals surface area (Å²) in [6.45, 7) is 0.00234. The van der Waals surface area contributed by atoms with Gasteiger partial charge >= 0.3 is 6.18 Å². The van der Waals surface area contributed by atoms with Gasteiger partial charge in [-0.25, -0.2) is 12.8 Å². The first kappa shape index (κ1) is 21.3. The number of alkyl halides is 3. The van der Waals surface area contributed by atoms with Gasteiger partial charge in [-0.3, -0.25) is 4.79 Å². The number of hydrogen-bond acceptors (Lipinski definition) is 3. The number of rotatable bonds is 4. The lowest BCUT2D eigenvalue weighted by atomic mass is 9.98. The van der Waals surface area contributed by atoms with E-state index in [1.54, 1.807) is 0 Å². The lowest BCUT2D eigenvalue weighted by molar-refractivity contribution is -0.137. The zero-order valence-corrected chi connectivity index (χ0v) is 15.9. The molecule has 1 heterocycles. The van der Waals surface area contributed by atoms with E-state index in [9.17, 15) is 30.8 Å². The van der Waals surface area contributed by atoms with Crippen molar-refractivity contribution in [3.05, 3.63) is 59.9 Å². The summed E-state index contributed by atoms with van der Waals surface area (Å²) in [5.41, 5.74) is -1.34. The molecular formula is C19H18F4N2O3S. The Bertz CT molecular complexity index is 991. The Balaban J connectivity index is 1.76. The third-order valence-electron chi connectivity index (χ3n) is 4.70. The topological polar surface area (TPSA) is 66.5 Å². The molecule has 0 unspecified atom stereocenters. The third kappa shape index (κ3) is 4.76. The average Bonchev–Trinajstić information content (AvgIpc) is 2.68. The summed E-state index contributed by atoms with van der Waals surface area (Å²) in [6, 6.07) is 8.91. The van der Waals surface area contributed by atoms with E-state index >= 15 is 0 Å². The van der Waals surface area contributed by atoms with E-state index < -0.39 is 39.4 Å². The molecule has 0 aromatic heterocycles. The number of nitrogens with one attached hydrogen (secondary N) is 1. The van der Waals surface area contributed by atoms with Gasteiger partial charge in [-0.2, -0.15) is 17.5 Å². The fourth-order valence-electron chi connectivity index (χ4n) is 3.20. The second kappa shape index (κ2) is 8.11. The molecule has 1 saturated heterocycles. The summed E-state index contributed by atoms with van der Waals surface area (Å²) in [7, 11) is -3.94. The minimum Gasteiger partial charge on any atom is -0.325 e. The van der Waals surface area contributed by atoms with E-state index in [-0.39, 0.29) is 23.7 Å². The summed E-state index contributed by atoms with van der Waals surface area (Å²) < 4.78 is 79.0. The van der Waals surface area contributed by atoms with Gasteiger partial charge in [0.1, 0.15) is 5.82 Å². The molecule has 0 saturated carbocycles. The highest BCUT2D eigenvalue weighted by atomic mass is 32.2. The number of sulfonamides is 1. The Kier molecular flexibility index (Phi) is 5.95. The van der Waals surface area contributed by atoms with Crippen molar-refractivity contribution in [2.75, 3.05) is 18.4 Å². The first-order valence-electron chi connectivity index (χ1n) is 8.82. The van der Waals surface area contributed by atoms with Gasteiger partial charge in [0.05, 0.1) is 22.1 Å². The van der Waals surface area contributed by atoms with E-state index in [1.807, 2.05) is 0 Å². The van der Waals surface area contributed by atoms with Gasteiger partial charge in [-0.05, 0) is 49.2 Å². The van der Waals surface area contributed by atoms with Crippen LogP contribution in [0.25, 0.3) is 0 Å². The van der Waals surface area contributed by atoms with Crippen molar-refractivity contribution in [2.45, 2.75) is 23.9 Å². The molecule has 1 aliphatic rings. The van der Waals surface area contributed by atoms with Gasteiger partial charge in [-0.1, -0.05) is 12.1 Å². The maximum atomic E-state index is 13.1. The Morgan fingerprint density at radius 1 is 1.07 bits per heavy atom. The van der Waals surface area contributed by atoms with Crippen molar-refractivity contribution < 1.29 is 30.8 Å². The first-order chi connectivity index (χ1) is 13.6. The molecule has 5 nitrogen and oxygen atoms in total. The van der Waals surface area contributed by atoms with E-state index in [0.717, 1.165) is 40.7 Å². The molecule has 156 valence electrons. The van der Waals surface area contributed by atoms with Crippen LogP contribution in [0.15, 0.2) is 53.4 Å². The molecule has 1 atom stereocenters. The Morgan fingerprint density at radius 2 is 1.72 bits per heavy atom. The predicted molar refractivity (Wildman–Crippen MR) is 98.0 cm³/mol. The van der Waals surface area contributed by atoms with E-state index in [0.29, 0.717) is 12.8 Å². The fraction of sp³-hybridized carbons (Fsp3) is 0.316. The molecule has 29 heavy (non-hydrogen) atoms. The van der Waals surface area contributed by atoms with Gasteiger partial charge in [0.2, 0.25) is 15.9 Å². The van der Waals surface area contributed by atoms with Crippen LogP contribution < -0.4 is 5.32 Å². The van der Waals surface area contributed by atoms with Crippen molar-refractivity contribution >= 4 is 21.6 Å². The third-order valence-corrected chi connectivity index (χ3v) is 6.58. The Hall–Kier alpha value is -2.46. The minimum absolute atomic E-state index is 0.109. The van der Waals surface area contributed by atoms with Crippen LogP contribution in [0, 0.1) is 11.7 Å². The van der Waals surface area contributed by atoms with Crippen LogP contribution in [0.4, 0.5) is 23.2 Å². The Morgan fingerprint density at radius 3 is 2.38 bits per heavy atom. The number of nitrogens with zero attached hydrogens (tertiary/aromatic N) is 1. The molecule has 0 spiro atoms. The van der Waals surface area contributed by atoms with Gasteiger partial charge in [0, 0.05) is 13.1 Å². The number of carbonyl (C=O) groups is 1. The second-order valence-corrected chi connectivity index (χ2v) is 8.63. The largest absolute Gasteiger partial charge is 0.418 e. The summed E-state index contributed by atoms with van der Waals surface area (Å²) in [4.78, 5) is 12.4. The van der Waals surface area contributed by atoms with Crippen molar-refractivity contribution in [2.24, 2.45) is 5.92 Å². The SMILES string of the molecule is O=C(Nc1ccccc1C(F)(F)F)[C@@H]1CCCN(S(=O)(=O)c2ccc(F)cc2)C1. The van der Waals surface area contributed by atoms with Crippen LogP contribution in [-0.2, 0) is 21.0 Å². The molecule has 2 aromatic rings. The van der Waals surface area contributed by atoms with Gasteiger partial charge < -0.3 is 5.32 Å². The number of hydrogen-bond donors (Lipinski definition) is 1. The summed E-state index contributed by atoms with van der Waals surface area (Å²) >= 11 is 0. The smallest absolute Gasteiger partial charge is 0.325 e. The normalized spacial score (nSPS) is 18.4. The number of amides is 1. The summed E-state index contributed by atoms with van der Waals surface area (Å²) in [5.74, 6) is -2.07. The van der Waals surface area contributed by atoms with Crippen molar-refractivity contribution in [3.8, 4) is 0 Å². The standard InChI is InChI=1S/C19H18F4N2O3S/c20-14-7-9-15(10-8-14)29(27,28)25-11-3-4-13(12-25)18(26)24-17-6-2-1-5-16(17)19(21,22)23/h1-2,5-10,13H,3-4,11-12H2,(H,24,26)/t13-/m1/s1. The molecule has 0 aliphatic carbocycles. The van der Waals surface area contributed by atoms with E-state index in [4.69, 9.17) is 0 Å². The fourth-order valence-corrected chi connectivity index (χ4v) is 4.73. The zero-order valence-electron chi connectivity index (χ0n) is 15.1. The summed E-state index contributed by atoms with van der Waals surface area (Å²) in [6.07, 6.45) is -3.91. The lowest BCUT2D eigenvalue weighted by Crippen LogP contribution is -2.43. The number of halogens is 4. The van der Waals surface area contributed by atoms with Crippen molar-refractivity contribution in [3.63, 3.8) is 0 Å². The highest BCUT2D eigenvalue weighted by molar-refractivity contribution is 7.89. The summed E-state index contributed by atoms with van der Waals surface area (Å²) in [5, 5.41) is 2.28. The quantitative estimate of drug-likeness (QED) is 0.749. The molecule has 2 aromatic carbocycles. The molecule has 1 aliphatic heterocycles. The van der Waals surface area contributed by atoms with E-state index in [2.05, 4.69) is 5.32 Å². The molecule has 3 rings (SSSR count). The molecule has 1 fully saturated rings. The van der Waals surface area contributed by atoms with Crippen molar-refractivity contribution in [1.29, 1.82) is 0 Å². The molecule has 0 radical (unpaired) electrons. The molecule has 10 heteroatoms. The highest BCUT2D eigenvalue weighted by Gasteiger charge is 2.36. The molecular weight excluding hydrogens is 412 g/mol. The Labute approximate surface area is 165 Å². The number of para-hydroxylation sites is 1. The number of piperidine rings is 1.